The molecule has 2 aromatic rings. The van der Waals surface area contributed by atoms with Gasteiger partial charge in [0.25, 0.3) is 5.56 Å². The van der Waals surface area contributed by atoms with Crippen molar-refractivity contribution in [1.82, 2.24) is 19.1 Å². The molecule has 0 aromatic carbocycles. The van der Waals surface area contributed by atoms with Gasteiger partial charge in [-0.2, -0.15) is 0 Å². The van der Waals surface area contributed by atoms with Gasteiger partial charge in [-0.15, -0.1) is 11.8 Å². The zero-order valence-electron chi connectivity index (χ0n) is 13.8. The largest absolute Gasteiger partial charge is 0.337 e. The molecule has 1 saturated carbocycles. The van der Waals surface area contributed by atoms with E-state index in [1.54, 1.807) is 4.57 Å². The number of aryl methyl sites for hydroxylation is 2. The Hall–Kier alpha value is -1.34. The lowest BCUT2D eigenvalue weighted by Crippen LogP contribution is -2.29. The van der Waals surface area contributed by atoms with Crippen LogP contribution < -0.4 is 5.56 Å². The minimum absolute atomic E-state index is 0.137. The van der Waals surface area contributed by atoms with Crippen molar-refractivity contribution in [2.75, 3.05) is 0 Å². The summed E-state index contributed by atoms with van der Waals surface area (Å²) in [6, 6.07) is 0. The number of nitrogens with one attached hydrogen (secondary N) is 1. The Morgan fingerprint density at radius 2 is 2.21 bits per heavy atom. The molecule has 128 valence electrons. The standard InChI is InChI=1S/C17H22N4OS2/c1-11-9-20(10-18-11)7-4-8-21-16(22)14-12-5-2-3-6-13(12)24-15(14)19-17(21)23/h9-10,12-13H,2-8H2,1H3,(H,19,23). The van der Waals surface area contributed by atoms with Crippen LogP contribution in [-0.4, -0.2) is 24.4 Å². The van der Waals surface area contributed by atoms with Crippen LogP contribution >= 0.6 is 24.0 Å². The summed E-state index contributed by atoms with van der Waals surface area (Å²) < 4.78 is 4.38. The summed E-state index contributed by atoms with van der Waals surface area (Å²) in [4.78, 5) is 20.6. The number of aromatic amines is 1. The Bertz CT molecular complexity index is 866. The number of aromatic nitrogens is 4. The number of imidazole rings is 1. The van der Waals surface area contributed by atoms with Gasteiger partial charge in [-0.1, -0.05) is 12.8 Å². The van der Waals surface area contributed by atoms with Crippen molar-refractivity contribution < 1.29 is 0 Å². The molecule has 2 aliphatic rings. The zero-order chi connectivity index (χ0) is 16.7. The molecule has 7 heteroatoms. The van der Waals surface area contributed by atoms with Crippen molar-refractivity contribution >= 4 is 24.0 Å². The second kappa shape index (κ2) is 6.52. The molecule has 1 N–H and O–H groups in total. The third-order valence-corrected chi connectivity index (χ3v) is 6.84. The molecule has 2 unspecified atom stereocenters. The molecule has 2 atom stereocenters. The van der Waals surface area contributed by atoms with Gasteiger partial charge in [0.15, 0.2) is 4.77 Å². The van der Waals surface area contributed by atoms with E-state index in [-0.39, 0.29) is 5.56 Å². The fourth-order valence-electron chi connectivity index (χ4n) is 3.91. The molecule has 3 heterocycles. The number of rotatable bonds is 4. The number of hydrogen-bond donors (Lipinski definition) is 1. The molecule has 24 heavy (non-hydrogen) atoms. The van der Waals surface area contributed by atoms with E-state index in [0.29, 0.717) is 22.5 Å². The Labute approximate surface area is 150 Å². The highest BCUT2D eigenvalue weighted by molar-refractivity contribution is 8.00. The van der Waals surface area contributed by atoms with Gasteiger partial charge < -0.3 is 9.55 Å². The highest BCUT2D eigenvalue weighted by atomic mass is 32.2. The van der Waals surface area contributed by atoms with Crippen LogP contribution in [0.1, 0.15) is 49.3 Å². The quantitative estimate of drug-likeness (QED) is 0.666. The topological polar surface area (TPSA) is 55.6 Å². The Morgan fingerprint density at radius 1 is 1.38 bits per heavy atom. The highest BCUT2D eigenvalue weighted by Gasteiger charge is 2.38. The first-order chi connectivity index (χ1) is 11.6. The molecular weight excluding hydrogens is 340 g/mol. The molecule has 5 nitrogen and oxygen atoms in total. The summed E-state index contributed by atoms with van der Waals surface area (Å²) in [5.41, 5.74) is 2.15. The van der Waals surface area contributed by atoms with Crippen LogP contribution in [0.3, 0.4) is 0 Å². The van der Waals surface area contributed by atoms with Gasteiger partial charge >= 0.3 is 0 Å². The normalized spacial score (nSPS) is 22.4. The third kappa shape index (κ3) is 2.88. The van der Waals surface area contributed by atoms with Crippen molar-refractivity contribution in [1.29, 1.82) is 0 Å². The van der Waals surface area contributed by atoms with Crippen LogP contribution in [0.15, 0.2) is 22.3 Å². The smallest absolute Gasteiger partial charge is 0.258 e. The maximum atomic E-state index is 13.0. The van der Waals surface area contributed by atoms with Gasteiger partial charge in [-0.3, -0.25) is 9.36 Å². The zero-order valence-corrected chi connectivity index (χ0v) is 15.5. The van der Waals surface area contributed by atoms with Gasteiger partial charge in [0.05, 0.1) is 22.6 Å². The van der Waals surface area contributed by atoms with Crippen LogP contribution in [-0.2, 0) is 13.1 Å². The Morgan fingerprint density at radius 3 is 3.00 bits per heavy atom. The lowest BCUT2D eigenvalue weighted by atomic mass is 9.85. The van der Waals surface area contributed by atoms with Gasteiger partial charge in [-0.25, -0.2) is 4.98 Å². The second-order valence-electron chi connectivity index (χ2n) is 6.78. The maximum Gasteiger partial charge on any atom is 0.258 e. The first-order valence-electron chi connectivity index (χ1n) is 8.65. The molecule has 0 bridgehead atoms. The predicted octanol–water partition coefficient (Wildman–Crippen LogP) is 3.63. The second-order valence-corrected chi connectivity index (χ2v) is 8.42. The van der Waals surface area contributed by atoms with E-state index in [9.17, 15) is 4.79 Å². The maximum absolute atomic E-state index is 13.0. The molecule has 4 rings (SSSR count). The molecule has 0 spiro atoms. The van der Waals surface area contributed by atoms with Crippen molar-refractivity contribution in [3.05, 3.63) is 38.9 Å². The number of thioether (sulfide) groups is 1. The van der Waals surface area contributed by atoms with Crippen molar-refractivity contribution in [3.8, 4) is 0 Å². The molecule has 1 aliphatic carbocycles. The number of nitrogens with zero attached hydrogens (tertiary/aromatic N) is 3. The number of hydrogen-bond acceptors (Lipinski definition) is 4. The van der Waals surface area contributed by atoms with E-state index >= 15 is 0 Å². The molecule has 0 amide bonds. The van der Waals surface area contributed by atoms with Crippen LogP contribution in [0.5, 0.6) is 0 Å². The average molecular weight is 363 g/mol. The van der Waals surface area contributed by atoms with Crippen LogP contribution in [0.25, 0.3) is 0 Å². The summed E-state index contributed by atoms with van der Waals surface area (Å²) in [7, 11) is 0. The van der Waals surface area contributed by atoms with Gasteiger partial charge in [0.2, 0.25) is 0 Å². The van der Waals surface area contributed by atoms with Crippen LogP contribution in [0.2, 0.25) is 0 Å². The summed E-state index contributed by atoms with van der Waals surface area (Å²) in [5.74, 6) is 0.417. The summed E-state index contributed by atoms with van der Waals surface area (Å²) >= 11 is 7.29. The summed E-state index contributed by atoms with van der Waals surface area (Å²) in [6.07, 6.45) is 9.59. The van der Waals surface area contributed by atoms with E-state index in [0.717, 1.165) is 35.7 Å². The fraction of sp³-hybridized carbons (Fsp3) is 0.588. The van der Waals surface area contributed by atoms with Crippen molar-refractivity contribution in [2.24, 2.45) is 0 Å². The monoisotopic (exact) mass is 362 g/mol. The highest BCUT2D eigenvalue weighted by Crippen LogP contribution is 2.49. The van der Waals surface area contributed by atoms with E-state index in [1.165, 1.54) is 19.3 Å². The molecule has 1 fully saturated rings. The Balaban J connectivity index is 1.56. The molecule has 0 radical (unpaired) electrons. The Kier molecular flexibility index (Phi) is 4.39. The van der Waals surface area contributed by atoms with E-state index in [2.05, 4.69) is 14.5 Å². The van der Waals surface area contributed by atoms with Crippen molar-refractivity contribution in [3.63, 3.8) is 0 Å². The van der Waals surface area contributed by atoms with Crippen LogP contribution in [0.4, 0.5) is 0 Å². The number of fused-ring (bicyclic) bond motifs is 3. The van der Waals surface area contributed by atoms with Gasteiger partial charge in [-0.05, 0) is 38.4 Å². The lowest BCUT2D eigenvalue weighted by molar-refractivity contribution is 0.450. The first kappa shape index (κ1) is 16.1. The third-order valence-electron chi connectivity index (χ3n) is 5.09. The number of H-pyrrole nitrogens is 1. The fourth-order valence-corrected chi connectivity index (χ4v) is 5.80. The molecule has 1 aliphatic heterocycles. The predicted molar refractivity (Wildman–Crippen MR) is 98.3 cm³/mol. The lowest BCUT2D eigenvalue weighted by Gasteiger charge is -2.23. The average Bonchev–Trinajstić information content (AvgIpc) is 3.13. The first-order valence-corrected chi connectivity index (χ1v) is 9.94. The van der Waals surface area contributed by atoms with Crippen molar-refractivity contribution in [2.45, 2.75) is 68.3 Å². The minimum Gasteiger partial charge on any atom is -0.337 e. The minimum atomic E-state index is 0.137. The van der Waals surface area contributed by atoms with E-state index in [4.69, 9.17) is 12.2 Å². The van der Waals surface area contributed by atoms with Gasteiger partial charge in [0.1, 0.15) is 0 Å². The SMILES string of the molecule is Cc1cn(CCCn2c(=S)[nH]c3c(c2=O)C2CCCCC2S3)cn1. The van der Waals surface area contributed by atoms with Crippen LogP contribution in [0, 0.1) is 11.7 Å². The van der Waals surface area contributed by atoms with E-state index < -0.39 is 0 Å². The molecule has 0 saturated heterocycles. The van der Waals surface area contributed by atoms with Gasteiger partial charge in [0, 0.05) is 30.5 Å². The molecule has 2 aromatic heterocycles. The molecular formula is C17H22N4OS2. The summed E-state index contributed by atoms with van der Waals surface area (Å²) in [5, 5.41) is 1.60. The summed E-state index contributed by atoms with van der Waals surface area (Å²) in [6.45, 7) is 3.48. The van der Waals surface area contributed by atoms with E-state index in [1.807, 2.05) is 31.2 Å².